The van der Waals surface area contributed by atoms with Crippen molar-refractivity contribution in [2.24, 2.45) is 11.7 Å². The number of urea groups is 1. The van der Waals surface area contributed by atoms with Crippen molar-refractivity contribution in [2.45, 2.75) is 13.5 Å². The van der Waals surface area contributed by atoms with E-state index in [0.717, 1.165) is 20.6 Å². The number of hydrogen-bond donors (Lipinski definition) is 3. The molecule has 0 aliphatic carbocycles. The van der Waals surface area contributed by atoms with Crippen LogP contribution in [0.1, 0.15) is 11.1 Å². The molecule has 2 aromatic rings. The molecule has 7 nitrogen and oxygen atoms in total. The first-order chi connectivity index (χ1) is 10.5. The van der Waals surface area contributed by atoms with Gasteiger partial charge in [0.15, 0.2) is 0 Å². The van der Waals surface area contributed by atoms with Crippen LogP contribution in [-0.2, 0) is 6.61 Å². The number of carbonyl (C=O) groups is 1. The Kier molecular flexibility index (Phi) is 5.31. The monoisotopic (exact) mass is 365 g/mol. The number of hydrogen-bond acceptors (Lipinski definition) is 5. The van der Waals surface area contributed by atoms with Crippen LogP contribution in [0.15, 0.2) is 41.1 Å². The Balaban J connectivity index is 2.24. The van der Waals surface area contributed by atoms with Crippen molar-refractivity contribution in [3.8, 4) is 5.75 Å². The maximum Gasteiger partial charge on any atom is 0.350 e. The lowest BCUT2D eigenvalue weighted by Crippen LogP contribution is -2.48. The first kappa shape index (κ1) is 16.2. The molecule has 0 aliphatic rings. The molecule has 2 amide bonds. The van der Waals surface area contributed by atoms with Gasteiger partial charge >= 0.3 is 6.03 Å². The number of rotatable bonds is 4. The minimum absolute atomic E-state index is 0.242. The Labute approximate surface area is 136 Å². The number of ether oxygens (including phenoxy) is 1. The van der Waals surface area contributed by atoms with Gasteiger partial charge in [-0.3, -0.25) is 10.4 Å². The quantitative estimate of drug-likeness (QED) is 0.436. The summed E-state index contributed by atoms with van der Waals surface area (Å²) in [5.74, 6) is 11.5. The largest absolute Gasteiger partial charge is 0.487 e. The first-order valence-corrected chi connectivity index (χ1v) is 7.19. The fourth-order valence-corrected chi connectivity index (χ4v) is 2.25. The van der Waals surface area contributed by atoms with E-state index in [9.17, 15) is 4.79 Å². The summed E-state index contributed by atoms with van der Waals surface area (Å²) in [6.45, 7) is 2.15. The second-order valence-corrected chi connectivity index (χ2v) is 5.44. The Bertz CT molecular complexity index is 680. The summed E-state index contributed by atoms with van der Waals surface area (Å²) in [5.41, 5.74) is 4.25. The molecule has 0 saturated carbocycles. The van der Waals surface area contributed by atoms with Gasteiger partial charge in [0.25, 0.3) is 0 Å². The Hall–Kier alpha value is -2.16. The summed E-state index contributed by atoms with van der Waals surface area (Å²) in [6, 6.07) is 6.63. The van der Waals surface area contributed by atoms with E-state index in [1.54, 1.807) is 30.6 Å². The smallest absolute Gasteiger partial charge is 0.350 e. The van der Waals surface area contributed by atoms with E-state index in [1.807, 2.05) is 18.4 Å². The van der Waals surface area contributed by atoms with Crippen LogP contribution in [0.4, 0.5) is 10.5 Å². The summed E-state index contributed by atoms with van der Waals surface area (Å²) in [5, 5.41) is 0.949. The van der Waals surface area contributed by atoms with E-state index in [1.165, 1.54) is 0 Å². The molecule has 0 spiro atoms. The van der Waals surface area contributed by atoms with Gasteiger partial charge in [0.1, 0.15) is 12.4 Å². The molecule has 0 unspecified atom stereocenters. The third-order valence-corrected chi connectivity index (χ3v) is 3.48. The number of hydrazine groups is 2. The highest BCUT2D eigenvalue weighted by atomic mass is 79.9. The molecule has 1 heterocycles. The minimum atomic E-state index is -0.615. The summed E-state index contributed by atoms with van der Waals surface area (Å²) in [7, 11) is 0. The maximum absolute atomic E-state index is 11.6. The third kappa shape index (κ3) is 3.73. The number of amides is 2. The Morgan fingerprint density at radius 2 is 2.23 bits per heavy atom. The first-order valence-electron chi connectivity index (χ1n) is 6.40. The van der Waals surface area contributed by atoms with Gasteiger partial charge in [-0.15, -0.1) is 0 Å². The van der Waals surface area contributed by atoms with Crippen LogP contribution < -0.4 is 26.9 Å². The van der Waals surface area contributed by atoms with E-state index in [2.05, 4.69) is 20.9 Å². The molecule has 1 aromatic heterocycles. The van der Waals surface area contributed by atoms with Gasteiger partial charge in [0, 0.05) is 16.2 Å². The second-order valence-electron chi connectivity index (χ2n) is 4.52. The van der Waals surface area contributed by atoms with Crippen LogP contribution in [0.3, 0.4) is 0 Å². The van der Waals surface area contributed by atoms with Crippen LogP contribution in [0.2, 0.25) is 0 Å². The average molecular weight is 366 g/mol. The van der Waals surface area contributed by atoms with E-state index in [4.69, 9.17) is 16.4 Å². The highest BCUT2D eigenvalue weighted by Gasteiger charge is 2.16. The molecule has 8 heteroatoms. The topological polar surface area (TPSA) is 106 Å². The lowest BCUT2D eigenvalue weighted by atomic mass is 10.1. The summed E-state index contributed by atoms with van der Waals surface area (Å²) >= 11 is 3.33. The number of nitrogens with two attached hydrogens (primary N) is 2. The normalized spacial score (nSPS) is 10.2. The number of aryl methyl sites for hydroxylation is 1. The number of nitrogens with one attached hydrogen (secondary N) is 1. The van der Waals surface area contributed by atoms with Crippen LogP contribution in [0, 0.1) is 6.92 Å². The summed E-state index contributed by atoms with van der Waals surface area (Å²) in [4.78, 5) is 15.6. The number of carbonyl (C=O) groups excluding carboxylic acids is 1. The van der Waals surface area contributed by atoms with Gasteiger partial charge in [-0.2, -0.15) is 0 Å². The molecule has 116 valence electrons. The SMILES string of the molecule is Cc1cccc(N(N)C(=O)NN)c1COc1cncc(Br)c1. The summed E-state index contributed by atoms with van der Waals surface area (Å²) in [6.07, 6.45) is 3.27. The molecule has 1 aromatic carbocycles. The Morgan fingerprint density at radius 3 is 2.91 bits per heavy atom. The lowest BCUT2D eigenvalue weighted by molar-refractivity contribution is 0.246. The third-order valence-electron chi connectivity index (χ3n) is 3.05. The number of anilines is 1. The highest BCUT2D eigenvalue weighted by Crippen LogP contribution is 2.24. The van der Waals surface area contributed by atoms with Gasteiger partial charge < -0.3 is 4.74 Å². The molecular formula is C14H16BrN5O2. The molecule has 0 saturated heterocycles. The van der Waals surface area contributed by atoms with Gasteiger partial charge in [0.05, 0.1) is 11.9 Å². The van der Waals surface area contributed by atoms with Gasteiger partial charge in [-0.25, -0.2) is 21.5 Å². The molecule has 0 fully saturated rings. The fourth-order valence-electron chi connectivity index (χ4n) is 1.91. The van der Waals surface area contributed by atoms with Gasteiger partial charge in [-0.1, -0.05) is 12.1 Å². The standard InChI is InChI=1S/C14H16BrN5O2/c1-9-3-2-4-13(20(17)14(21)19-16)12(9)8-22-11-5-10(15)6-18-7-11/h2-7H,8,16-17H2,1H3,(H,19,21). The van der Waals surface area contributed by atoms with E-state index < -0.39 is 6.03 Å². The molecule has 22 heavy (non-hydrogen) atoms. The van der Waals surface area contributed by atoms with Crippen LogP contribution >= 0.6 is 15.9 Å². The van der Waals surface area contributed by atoms with Crippen LogP contribution in [-0.4, -0.2) is 11.0 Å². The molecule has 0 bridgehead atoms. The molecule has 5 N–H and O–H groups in total. The predicted octanol–water partition coefficient (Wildman–Crippen LogP) is 1.99. The second kappa shape index (κ2) is 7.21. The number of aromatic nitrogens is 1. The number of benzene rings is 1. The van der Waals surface area contributed by atoms with Crippen molar-refractivity contribution >= 4 is 27.6 Å². The van der Waals surface area contributed by atoms with Crippen molar-refractivity contribution in [1.29, 1.82) is 0 Å². The lowest BCUT2D eigenvalue weighted by Gasteiger charge is -2.21. The van der Waals surface area contributed by atoms with Crippen LogP contribution in [0.5, 0.6) is 5.75 Å². The molecular weight excluding hydrogens is 350 g/mol. The van der Waals surface area contributed by atoms with Crippen molar-refractivity contribution in [2.75, 3.05) is 5.01 Å². The molecule has 2 rings (SSSR count). The zero-order valence-corrected chi connectivity index (χ0v) is 13.5. The molecule has 0 atom stereocenters. The predicted molar refractivity (Wildman–Crippen MR) is 86.8 cm³/mol. The zero-order chi connectivity index (χ0) is 16.1. The molecule has 0 radical (unpaired) electrons. The van der Waals surface area contributed by atoms with E-state index in [0.29, 0.717) is 11.4 Å². The van der Waals surface area contributed by atoms with Crippen molar-refractivity contribution in [3.05, 3.63) is 52.3 Å². The number of halogens is 1. The fraction of sp³-hybridized carbons (Fsp3) is 0.143. The van der Waals surface area contributed by atoms with Gasteiger partial charge in [0.2, 0.25) is 0 Å². The van der Waals surface area contributed by atoms with Crippen molar-refractivity contribution in [3.63, 3.8) is 0 Å². The maximum atomic E-state index is 11.6. The summed E-state index contributed by atoms with van der Waals surface area (Å²) < 4.78 is 6.54. The van der Waals surface area contributed by atoms with E-state index >= 15 is 0 Å². The minimum Gasteiger partial charge on any atom is -0.487 e. The number of pyridine rings is 1. The number of nitrogens with zero attached hydrogens (tertiary/aromatic N) is 2. The van der Waals surface area contributed by atoms with E-state index in [-0.39, 0.29) is 6.61 Å². The highest BCUT2D eigenvalue weighted by molar-refractivity contribution is 9.10. The van der Waals surface area contributed by atoms with Crippen LogP contribution in [0.25, 0.3) is 0 Å². The molecule has 0 aliphatic heterocycles. The Morgan fingerprint density at radius 1 is 1.45 bits per heavy atom. The van der Waals surface area contributed by atoms with Gasteiger partial charge in [-0.05, 0) is 40.5 Å². The zero-order valence-electron chi connectivity index (χ0n) is 11.9. The average Bonchev–Trinajstić information content (AvgIpc) is 2.52. The van der Waals surface area contributed by atoms with Crippen molar-refractivity contribution in [1.82, 2.24) is 10.4 Å². The van der Waals surface area contributed by atoms with Crippen molar-refractivity contribution < 1.29 is 9.53 Å².